The number of carbonyl (C=O) groups is 1. The minimum absolute atomic E-state index is 0.0935. The zero-order valence-corrected chi connectivity index (χ0v) is 18.2. The van der Waals surface area contributed by atoms with Crippen molar-refractivity contribution in [1.82, 2.24) is 9.80 Å². The number of aliphatic hydroxyl groups is 1. The van der Waals surface area contributed by atoms with Crippen LogP contribution in [0.25, 0.3) is 0 Å². The number of nitrogens with zero attached hydrogens (tertiary/aromatic N) is 2. The lowest BCUT2D eigenvalue weighted by Gasteiger charge is -2.36. The molecule has 1 aliphatic heterocycles. The third-order valence-corrected chi connectivity index (χ3v) is 5.80. The smallest absolute Gasteiger partial charge is 0.253 e. The molecule has 174 valence electrons. The van der Waals surface area contributed by atoms with Gasteiger partial charge in [0.15, 0.2) is 0 Å². The van der Waals surface area contributed by atoms with Crippen LogP contribution in [-0.2, 0) is 16.1 Å². The number of benzene rings is 1. The summed E-state index contributed by atoms with van der Waals surface area (Å²) in [5.74, 6) is 0.815. The first-order valence-corrected chi connectivity index (χ1v) is 11.2. The van der Waals surface area contributed by atoms with Crippen molar-refractivity contribution in [2.75, 3.05) is 45.9 Å². The van der Waals surface area contributed by atoms with Crippen molar-refractivity contribution in [3.8, 4) is 0 Å². The standard InChI is InChI=1S/C24H31FN2O5/c25-20-7-5-19(6-8-20)24(29)27(12-18-3-4-18)15-23-14-26(9-11-32-23)13-21(28)16-30-17-22-2-1-10-31-22/h1-2,5-8,10,18,21,23,28H,3-4,9,11-17H2/t21-,23-/m0/s1. The fourth-order valence-corrected chi connectivity index (χ4v) is 3.97. The molecule has 2 aliphatic rings. The topological polar surface area (TPSA) is 75.4 Å². The highest BCUT2D eigenvalue weighted by molar-refractivity contribution is 5.94. The van der Waals surface area contributed by atoms with Gasteiger partial charge in [-0.2, -0.15) is 0 Å². The molecule has 7 nitrogen and oxygen atoms in total. The molecule has 32 heavy (non-hydrogen) atoms. The van der Waals surface area contributed by atoms with Gasteiger partial charge in [-0.05, 0) is 55.2 Å². The molecule has 2 fully saturated rings. The van der Waals surface area contributed by atoms with E-state index in [9.17, 15) is 14.3 Å². The molecule has 0 bridgehead atoms. The zero-order valence-electron chi connectivity index (χ0n) is 18.2. The Morgan fingerprint density at radius 3 is 2.78 bits per heavy atom. The Balaban J connectivity index is 1.26. The Morgan fingerprint density at radius 2 is 2.06 bits per heavy atom. The van der Waals surface area contributed by atoms with Crippen LogP contribution in [0, 0.1) is 11.7 Å². The van der Waals surface area contributed by atoms with E-state index in [1.807, 2.05) is 11.0 Å². The van der Waals surface area contributed by atoms with Crippen molar-refractivity contribution in [2.45, 2.75) is 31.7 Å². The van der Waals surface area contributed by atoms with E-state index >= 15 is 0 Å². The van der Waals surface area contributed by atoms with Gasteiger partial charge in [0, 0.05) is 38.3 Å². The van der Waals surface area contributed by atoms with Gasteiger partial charge < -0.3 is 23.9 Å². The highest BCUT2D eigenvalue weighted by Gasteiger charge is 2.31. The van der Waals surface area contributed by atoms with Gasteiger partial charge in [0.1, 0.15) is 18.2 Å². The van der Waals surface area contributed by atoms with Gasteiger partial charge in [0.25, 0.3) is 5.91 Å². The third kappa shape index (κ3) is 6.87. The van der Waals surface area contributed by atoms with Crippen LogP contribution in [0.4, 0.5) is 4.39 Å². The highest BCUT2D eigenvalue weighted by Crippen LogP contribution is 2.30. The monoisotopic (exact) mass is 446 g/mol. The van der Waals surface area contributed by atoms with Crippen LogP contribution >= 0.6 is 0 Å². The van der Waals surface area contributed by atoms with E-state index in [0.717, 1.165) is 25.1 Å². The van der Waals surface area contributed by atoms with Crippen LogP contribution in [0.5, 0.6) is 0 Å². The number of furan rings is 1. The molecule has 1 N–H and O–H groups in total. The summed E-state index contributed by atoms with van der Waals surface area (Å²) < 4.78 is 29.9. The summed E-state index contributed by atoms with van der Waals surface area (Å²) in [5, 5.41) is 10.4. The predicted molar refractivity (Wildman–Crippen MR) is 116 cm³/mol. The first kappa shape index (κ1) is 22.9. The van der Waals surface area contributed by atoms with Crippen LogP contribution in [0.15, 0.2) is 47.1 Å². The maximum Gasteiger partial charge on any atom is 0.253 e. The van der Waals surface area contributed by atoms with Crippen LogP contribution in [-0.4, -0.2) is 79.0 Å². The average Bonchev–Trinajstić information content (AvgIpc) is 3.45. The molecule has 4 rings (SSSR count). The molecule has 2 atom stereocenters. The first-order valence-electron chi connectivity index (χ1n) is 11.2. The van der Waals surface area contributed by atoms with Crippen molar-refractivity contribution in [3.63, 3.8) is 0 Å². The molecule has 1 aromatic heterocycles. The SMILES string of the molecule is O=C(c1ccc(F)cc1)N(CC1CC1)C[C@@H]1CN(C[C@H](O)COCc2ccco2)CCO1. The van der Waals surface area contributed by atoms with E-state index in [0.29, 0.717) is 50.9 Å². The van der Waals surface area contributed by atoms with Gasteiger partial charge in [-0.25, -0.2) is 4.39 Å². The molecular weight excluding hydrogens is 415 g/mol. The molecule has 1 amide bonds. The minimum Gasteiger partial charge on any atom is -0.467 e. The highest BCUT2D eigenvalue weighted by atomic mass is 19.1. The fourth-order valence-electron chi connectivity index (χ4n) is 3.97. The Labute approximate surface area is 187 Å². The third-order valence-electron chi connectivity index (χ3n) is 5.80. The number of amides is 1. The van der Waals surface area contributed by atoms with Gasteiger partial charge >= 0.3 is 0 Å². The lowest BCUT2D eigenvalue weighted by Crippen LogP contribution is -2.51. The van der Waals surface area contributed by atoms with Crippen molar-refractivity contribution in [3.05, 3.63) is 59.8 Å². The van der Waals surface area contributed by atoms with Crippen LogP contribution < -0.4 is 0 Å². The Kier molecular flexibility index (Phi) is 7.91. The maximum atomic E-state index is 13.3. The quantitative estimate of drug-likeness (QED) is 0.572. The molecule has 0 unspecified atom stereocenters. The summed E-state index contributed by atoms with van der Waals surface area (Å²) in [4.78, 5) is 17.0. The van der Waals surface area contributed by atoms with E-state index in [-0.39, 0.29) is 24.4 Å². The number of aliphatic hydroxyl groups excluding tert-OH is 1. The number of carbonyl (C=O) groups excluding carboxylic acids is 1. The molecule has 0 radical (unpaired) electrons. The average molecular weight is 447 g/mol. The van der Waals surface area contributed by atoms with E-state index < -0.39 is 6.10 Å². The van der Waals surface area contributed by atoms with Crippen molar-refractivity contribution in [2.24, 2.45) is 5.92 Å². The molecule has 1 aromatic carbocycles. The largest absolute Gasteiger partial charge is 0.467 e. The lowest BCUT2D eigenvalue weighted by atomic mass is 10.1. The molecular formula is C24H31FN2O5. The molecule has 0 spiro atoms. The molecule has 1 saturated carbocycles. The van der Waals surface area contributed by atoms with Crippen LogP contribution in [0.3, 0.4) is 0 Å². The fraction of sp³-hybridized carbons (Fsp3) is 0.542. The van der Waals surface area contributed by atoms with Gasteiger partial charge in [-0.15, -0.1) is 0 Å². The van der Waals surface area contributed by atoms with E-state index in [1.54, 1.807) is 12.3 Å². The van der Waals surface area contributed by atoms with Crippen LogP contribution in [0.2, 0.25) is 0 Å². The van der Waals surface area contributed by atoms with Crippen LogP contribution in [0.1, 0.15) is 29.0 Å². The second-order valence-corrected chi connectivity index (χ2v) is 8.66. The van der Waals surface area contributed by atoms with Gasteiger partial charge in [0.2, 0.25) is 0 Å². The van der Waals surface area contributed by atoms with Gasteiger partial charge in [-0.3, -0.25) is 9.69 Å². The number of β-amino-alcohol motifs (C(OH)–C–C–N with tert-alkyl or cyclic N) is 1. The molecule has 2 heterocycles. The molecule has 1 aliphatic carbocycles. The van der Waals surface area contributed by atoms with Crippen molar-refractivity contribution in [1.29, 1.82) is 0 Å². The van der Waals surface area contributed by atoms with Crippen molar-refractivity contribution >= 4 is 5.91 Å². The number of halogens is 1. The molecule has 1 saturated heterocycles. The number of hydrogen-bond donors (Lipinski definition) is 1. The number of rotatable bonds is 11. The summed E-state index contributed by atoms with van der Waals surface area (Å²) >= 11 is 0. The Morgan fingerprint density at radius 1 is 1.25 bits per heavy atom. The van der Waals surface area contributed by atoms with Crippen molar-refractivity contribution < 1.29 is 28.2 Å². The summed E-state index contributed by atoms with van der Waals surface area (Å²) in [6, 6.07) is 9.33. The summed E-state index contributed by atoms with van der Waals surface area (Å²) in [5.41, 5.74) is 0.490. The summed E-state index contributed by atoms with van der Waals surface area (Å²) in [6.07, 6.45) is 3.11. The number of hydrogen-bond acceptors (Lipinski definition) is 6. The minimum atomic E-state index is -0.618. The first-order chi connectivity index (χ1) is 15.6. The predicted octanol–water partition coefficient (Wildman–Crippen LogP) is 2.55. The zero-order chi connectivity index (χ0) is 22.3. The van der Waals surface area contributed by atoms with E-state index in [2.05, 4.69) is 4.90 Å². The number of morpholine rings is 1. The Bertz CT molecular complexity index is 841. The lowest BCUT2D eigenvalue weighted by molar-refractivity contribution is -0.0605. The van der Waals surface area contributed by atoms with Gasteiger partial charge in [0.05, 0.1) is 31.7 Å². The summed E-state index contributed by atoms with van der Waals surface area (Å²) in [7, 11) is 0. The van der Waals surface area contributed by atoms with E-state index in [4.69, 9.17) is 13.9 Å². The van der Waals surface area contributed by atoms with Gasteiger partial charge in [-0.1, -0.05) is 0 Å². The second-order valence-electron chi connectivity index (χ2n) is 8.66. The molecule has 2 aromatic rings. The maximum absolute atomic E-state index is 13.3. The normalized spacial score (nSPS) is 20.2. The second kappa shape index (κ2) is 11.0. The summed E-state index contributed by atoms with van der Waals surface area (Å²) in [6.45, 7) is 4.11. The Hall–Kier alpha value is -2.26. The number of ether oxygens (including phenoxy) is 2. The van der Waals surface area contributed by atoms with E-state index in [1.165, 1.54) is 24.3 Å². The molecule has 8 heteroatoms.